The number of esters is 2. The predicted octanol–water partition coefficient (Wildman–Crippen LogP) is 1.46. The largest absolute Gasteiger partial charge is 0.466 e. The van der Waals surface area contributed by atoms with Crippen molar-refractivity contribution in [1.82, 2.24) is 9.59 Å². The monoisotopic (exact) mass is 300 g/mol. The van der Waals surface area contributed by atoms with Gasteiger partial charge >= 0.3 is 11.9 Å². The first kappa shape index (κ1) is 16.0. The molecule has 0 fully saturated rings. The minimum atomic E-state index is -0.568. The Balaban J connectivity index is 2.63. The second-order valence-corrected chi connectivity index (χ2v) is 4.37. The van der Waals surface area contributed by atoms with Crippen molar-refractivity contribution in [3.63, 3.8) is 0 Å². The number of rotatable bonds is 7. The number of aromatic nitrogens is 2. The van der Waals surface area contributed by atoms with Crippen molar-refractivity contribution in [3.8, 4) is 0 Å². The Labute approximate surface area is 120 Å². The SMILES string of the molecule is CCOC(=O)C/C(C)=N/Nc1snnc1C(=O)OCC. The third-order valence-electron chi connectivity index (χ3n) is 2.01. The van der Waals surface area contributed by atoms with Gasteiger partial charge < -0.3 is 9.47 Å². The van der Waals surface area contributed by atoms with E-state index >= 15 is 0 Å². The smallest absolute Gasteiger partial charge is 0.362 e. The molecule has 0 radical (unpaired) electrons. The number of nitrogens with one attached hydrogen (secondary N) is 1. The van der Waals surface area contributed by atoms with Gasteiger partial charge in [0, 0.05) is 17.2 Å². The molecule has 0 atom stereocenters. The van der Waals surface area contributed by atoms with Gasteiger partial charge in [-0.3, -0.25) is 10.2 Å². The highest BCUT2D eigenvalue weighted by molar-refractivity contribution is 7.10. The summed E-state index contributed by atoms with van der Waals surface area (Å²) < 4.78 is 13.3. The fourth-order valence-corrected chi connectivity index (χ4v) is 1.70. The first-order valence-electron chi connectivity index (χ1n) is 6.02. The minimum absolute atomic E-state index is 0.0712. The zero-order valence-corrected chi connectivity index (χ0v) is 12.3. The molecule has 0 amide bonds. The summed E-state index contributed by atoms with van der Waals surface area (Å²) in [5.74, 6) is -0.925. The summed E-state index contributed by atoms with van der Waals surface area (Å²) in [6.07, 6.45) is 0.0712. The molecule has 8 nitrogen and oxygen atoms in total. The molecular formula is C11H16N4O4S. The summed E-state index contributed by atoms with van der Waals surface area (Å²) in [4.78, 5) is 22.8. The Morgan fingerprint density at radius 1 is 1.30 bits per heavy atom. The highest BCUT2D eigenvalue weighted by atomic mass is 32.1. The van der Waals surface area contributed by atoms with E-state index in [0.717, 1.165) is 11.5 Å². The van der Waals surface area contributed by atoms with Gasteiger partial charge in [-0.05, 0) is 20.8 Å². The van der Waals surface area contributed by atoms with Crippen molar-refractivity contribution < 1.29 is 19.1 Å². The molecule has 1 rings (SSSR count). The lowest BCUT2D eigenvalue weighted by Crippen LogP contribution is -2.11. The molecule has 20 heavy (non-hydrogen) atoms. The lowest BCUT2D eigenvalue weighted by Gasteiger charge is -2.03. The highest BCUT2D eigenvalue weighted by Crippen LogP contribution is 2.18. The van der Waals surface area contributed by atoms with Gasteiger partial charge in [-0.15, -0.1) is 5.10 Å². The van der Waals surface area contributed by atoms with Crippen molar-refractivity contribution in [2.45, 2.75) is 27.2 Å². The van der Waals surface area contributed by atoms with Crippen LogP contribution in [0.25, 0.3) is 0 Å². The first-order valence-corrected chi connectivity index (χ1v) is 6.80. The number of hydrogen-bond acceptors (Lipinski definition) is 9. The normalized spacial score (nSPS) is 11.1. The predicted molar refractivity (Wildman–Crippen MR) is 73.8 cm³/mol. The van der Waals surface area contributed by atoms with E-state index in [0.29, 0.717) is 17.3 Å². The fourth-order valence-electron chi connectivity index (χ4n) is 1.20. The van der Waals surface area contributed by atoms with Crippen LogP contribution >= 0.6 is 11.5 Å². The zero-order chi connectivity index (χ0) is 15.0. The van der Waals surface area contributed by atoms with E-state index < -0.39 is 5.97 Å². The second kappa shape index (κ2) is 8.20. The third kappa shape index (κ3) is 4.92. The quantitative estimate of drug-likeness (QED) is 0.462. The van der Waals surface area contributed by atoms with Crippen molar-refractivity contribution in [2.75, 3.05) is 18.6 Å². The lowest BCUT2D eigenvalue weighted by atomic mass is 10.3. The van der Waals surface area contributed by atoms with Crippen LogP contribution in [0.15, 0.2) is 5.10 Å². The van der Waals surface area contributed by atoms with Crippen LogP contribution in [0.1, 0.15) is 37.7 Å². The average molecular weight is 300 g/mol. The summed E-state index contributed by atoms with van der Waals surface area (Å²) in [5.41, 5.74) is 3.25. The van der Waals surface area contributed by atoms with Gasteiger partial charge in [0.15, 0.2) is 5.00 Å². The molecule has 110 valence electrons. The van der Waals surface area contributed by atoms with Crippen LogP contribution in [0.2, 0.25) is 0 Å². The Morgan fingerprint density at radius 3 is 2.65 bits per heavy atom. The van der Waals surface area contributed by atoms with E-state index in [9.17, 15) is 9.59 Å². The molecule has 0 bridgehead atoms. The summed E-state index contributed by atoms with van der Waals surface area (Å²) in [6, 6.07) is 0. The summed E-state index contributed by atoms with van der Waals surface area (Å²) in [6.45, 7) is 5.68. The molecule has 0 aliphatic rings. The van der Waals surface area contributed by atoms with Crippen LogP contribution < -0.4 is 5.43 Å². The molecule has 9 heteroatoms. The third-order valence-corrected chi connectivity index (χ3v) is 2.64. The molecule has 1 heterocycles. The number of ether oxygens (including phenoxy) is 2. The average Bonchev–Trinajstić information content (AvgIpc) is 2.85. The first-order chi connectivity index (χ1) is 9.58. The molecule has 0 aliphatic heterocycles. The number of anilines is 1. The van der Waals surface area contributed by atoms with Gasteiger partial charge in [-0.25, -0.2) is 4.79 Å². The Kier molecular flexibility index (Phi) is 6.57. The van der Waals surface area contributed by atoms with E-state index in [4.69, 9.17) is 9.47 Å². The number of carbonyl (C=O) groups excluding carboxylic acids is 2. The van der Waals surface area contributed by atoms with E-state index in [1.165, 1.54) is 0 Å². The van der Waals surface area contributed by atoms with Gasteiger partial charge in [0.1, 0.15) is 0 Å². The molecule has 0 spiro atoms. The van der Waals surface area contributed by atoms with Crippen LogP contribution in [-0.4, -0.2) is 40.5 Å². The molecule has 0 aromatic carbocycles. The fraction of sp³-hybridized carbons (Fsp3) is 0.545. The van der Waals surface area contributed by atoms with E-state index in [1.54, 1.807) is 20.8 Å². The number of carbonyl (C=O) groups is 2. The van der Waals surface area contributed by atoms with Gasteiger partial charge in [0.05, 0.1) is 19.6 Å². The van der Waals surface area contributed by atoms with Crippen LogP contribution in [0, 0.1) is 0 Å². The van der Waals surface area contributed by atoms with Crippen LogP contribution in [0.4, 0.5) is 5.00 Å². The molecule has 0 aliphatic carbocycles. The van der Waals surface area contributed by atoms with E-state index in [2.05, 4.69) is 20.1 Å². The standard InChI is InChI=1S/C11H16N4O4S/c1-4-18-8(16)6-7(3)12-14-10-9(13-15-20-10)11(17)19-5-2/h14H,4-6H2,1-3H3/b12-7+. The highest BCUT2D eigenvalue weighted by Gasteiger charge is 2.17. The molecule has 1 N–H and O–H groups in total. The zero-order valence-electron chi connectivity index (χ0n) is 11.5. The lowest BCUT2D eigenvalue weighted by molar-refractivity contribution is -0.141. The molecule has 0 unspecified atom stereocenters. The van der Waals surface area contributed by atoms with Crippen molar-refractivity contribution in [3.05, 3.63) is 5.69 Å². The van der Waals surface area contributed by atoms with Crippen LogP contribution in [-0.2, 0) is 14.3 Å². The van der Waals surface area contributed by atoms with Gasteiger partial charge in [-0.1, -0.05) is 4.49 Å². The summed E-state index contributed by atoms with van der Waals surface area (Å²) in [7, 11) is 0. The maximum Gasteiger partial charge on any atom is 0.362 e. The van der Waals surface area contributed by atoms with Crippen LogP contribution in [0.3, 0.4) is 0 Å². The topological polar surface area (TPSA) is 103 Å². The number of nitrogens with zero attached hydrogens (tertiary/aromatic N) is 3. The van der Waals surface area contributed by atoms with Crippen molar-refractivity contribution >= 4 is 34.2 Å². The summed E-state index contributed by atoms with van der Waals surface area (Å²) in [5, 5.41) is 8.02. The van der Waals surface area contributed by atoms with E-state index in [1.807, 2.05) is 0 Å². The Hall–Kier alpha value is -2.03. The van der Waals surface area contributed by atoms with Crippen molar-refractivity contribution in [1.29, 1.82) is 0 Å². The van der Waals surface area contributed by atoms with Gasteiger partial charge in [0.2, 0.25) is 5.69 Å². The number of hydrogen-bond donors (Lipinski definition) is 1. The van der Waals surface area contributed by atoms with Crippen LogP contribution in [0.5, 0.6) is 0 Å². The van der Waals surface area contributed by atoms with Gasteiger partial charge in [-0.2, -0.15) is 5.10 Å². The molecule has 0 saturated carbocycles. The molecule has 0 saturated heterocycles. The summed E-state index contributed by atoms with van der Waals surface area (Å²) >= 11 is 0.979. The van der Waals surface area contributed by atoms with E-state index in [-0.39, 0.29) is 24.7 Å². The second-order valence-electron chi connectivity index (χ2n) is 3.61. The maximum atomic E-state index is 11.6. The molecule has 1 aromatic heterocycles. The Bertz CT molecular complexity index is 500. The number of hydrazone groups is 1. The maximum absolute atomic E-state index is 11.6. The Morgan fingerprint density at radius 2 is 2.00 bits per heavy atom. The molecule has 1 aromatic rings. The van der Waals surface area contributed by atoms with Crippen molar-refractivity contribution in [2.24, 2.45) is 5.10 Å². The minimum Gasteiger partial charge on any atom is -0.466 e. The molecular weight excluding hydrogens is 284 g/mol. The van der Waals surface area contributed by atoms with Gasteiger partial charge in [0.25, 0.3) is 0 Å².